The maximum atomic E-state index is 12.6. The van der Waals surface area contributed by atoms with Crippen LogP contribution in [-0.4, -0.2) is 64.0 Å². The topological polar surface area (TPSA) is 75.2 Å². The number of ether oxygens (including phenoxy) is 2. The van der Waals surface area contributed by atoms with Gasteiger partial charge in [-0.1, -0.05) is 18.2 Å². The molecular formula is C20H31IN4O3. The predicted molar refractivity (Wildman–Crippen MR) is 122 cm³/mol. The first kappa shape index (κ1) is 22.9. The Hall–Kier alpha value is -1.39. The van der Waals surface area contributed by atoms with E-state index >= 15 is 0 Å². The summed E-state index contributed by atoms with van der Waals surface area (Å²) in [7, 11) is 0. The molecule has 28 heavy (non-hydrogen) atoms. The Balaban J connectivity index is 0.00000280. The molecule has 0 bridgehead atoms. The van der Waals surface area contributed by atoms with Gasteiger partial charge in [0.2, 0.25) is 5.91 Å². The fourth-order valence-corrected chi connectivity index (χ4v) is 3.34. The quantitative estimate of drug-likeness (QED) is 0.246. The molecular weight excluding hydrogens is 471 g/mol. The van der Waals surface area contributed by atoms with Gasteiger partial charge in [-0.2, -0.15) is 0 Å². The van der Waals surface area contributed by atoms with Crippen molar-refractivity contribution in [1.29, 1.82) is 0 Å². The third-order valence-corrected chi connectivity index (χ3v) is 4.76. The summed E-state index contributed by atoms with van der Waals surface area (Å²) in [6.07, 6.45) is 3.02. The minimum Gasteiger partial charge on any atom is -0.379 e. The molecule has 2 aliphatic heterocycles. The van der Waals surface area contributed by atoms with Crippen molar-refractivity contribution in [2.24, 2.45) is 4.99 Å². The zero-order valence-electron chi connectivity index (χ0n) is 16.5. The summed E-state index contributed by atoms with van der Waals surface area (Å²) >= 11 is 0. The van der Waals surface area contributed by atoms with Crippen LogP contribution in [0.3, 0.4) is 0 Å². The lowest BCUT2D eigenvalue weighted by molar-refractivity contribution is -0.117. The van der Waals surface area contributed by atoms with E-state index in [2.05, 4.69) is 21.7 Å². The van der Waals surface area contributed by atoms with Gasteiger partial charge in [-0.3, -0.25) is 4.79 Å². The van der Waals surface area contributed by atoms with Gasteiger partial charge in [0, 0.05) is 38.5 Å². The molecule has 7 nitrogen and oxygen atoms in total. The fraction of sp³-hybridized carbons (Fsp3) is 0.600. The average Bonchev–Trinajstić information content (AvgIpc) is 3.35. The maximum Gasteiger partial charge on any atom is 0.248 e. The molecule has 0 aliphatic carbocycles. The monoisotopic (exact) mass is 502 g/mol. The number of rotatable bonds is 8. The van der Waals surface area contributed by atoms with Gasteiger partial charge >= 0.3 is 0 Å². The van der Waals surface area contributed by atoms with Crippen molar-refractivity contribution in [3.8, 4) is 0 Å². The standard InChI is InChI=1S/C20H30N4O3.HI/c1-2-21-20(22-10-5-12-27-17-9-13-26-15-17)23-14-19(25)24-11-8-16-6-3-4-7-18(16)24;/h3-4,6-7,17H,2,5,8-15H2,1H3,(H2,21,22,23);1H. The molecule has 3 rings (SSSR count). The van der Waals surface area contributed by atoms with Crippen molar-refractivity contribution >= 4 is 41.5 Å². The lowest BCUT2D eigenvalue weighted by Gasteiger charge is -2.17. The van der Waals surface area contributed by atoms with Gasteiger partial charge in [0.05, 0.1) is 12.7 Å². The Bertz CT molecular complexity index is 650. The van der Waals surface area contributed by atoms with E-state index in [0.29, 0.717) is 19.2 Å². The zero-order valence-corrected chi connectivity index (χ0v) is 18.8. The minimum atomic E-state index is 0. The van der Waals surface area contributed by atoms with Crippen LogP contribution in [0.4, 0.5) is 5.69 Å². The summed E-state index contributed by atoms with van der Waals surface area (Å²) in [6.45, 7) is 6.60. The van der Waals surface area contributed by atoms with Crippen molar-refractivity contribution in [2.75, 3.05) is 50.9 Å². The average molecular weight is 502 g/mol. The SMILES string of the molecule is CCNC(=NCC(=O)N1CCc2ccccc21)NCCCOC1CCOC1.I. The van der Waals surface area contributed by atoms with E-state index < -0.39 is 0 Å². The van der Waals surface area contributed by atoms with Crippen LogP contribution in [0.15, 0.2) is 29.3 Å². The van der Waals surface area contributed by atoms with Gasteiger partial charge in [0.25, 0.3) is 0 Å². The van der Waals surface area contributed by atoms with Crippen LogP contribution in [0, 0.1) is 0 Å². The molecule has 1 amide bonds. The van der Waals surface area contributed by atoms with Crippen LogP contribution in [-0.2, 0) is 20.7 Å². The molecule has 0 radical (unpaired) electrons. The van der Waals surface area contributed by atoms with Crippen LogP contribution in [0.2, 0.25) is 0 Å². The smallest absolute Gasteiger partial charge is 0.248 e. The number of nitrogens with one attached hydrogen (secondary N) is 2. The lowest BCUT2D eigenvalue weighted by atomic mass is 10.2. The van der Waals surface area contributed by atoms with Gasteiger partial charge in [-0.05, 0) is 37.8 Å². The first-order chi connectivity index (χ1) is 13.3. The number of carbonyl (C=O) groups is 1. The molecule has 1 saturated heterocycles. The van der Waals surface area contributed by atoms with Crippen molar-refractivity contribution in [3.05, 3.63) is 29.8 Å². The number of hydrogen-bond acceptors (Lipinski definition) is 4. The number of benzene rings is 1. The van der Waals surface area contributed by atoms with E-state index in [1.807, 2.05) is 30.0 Å². The first-order valence-electron chi connectivity index (χ1n) is 9.87. The normalized spacial score (nSPS) is 18.5. The Morgan fingerprint density at radius 1 is 1.36 bits per heavy atom. The fourth-order valence-electron chi connectivity index (χ4n) is 3.34. The summed E-state index contributed by atoms with van der Waals surface area (Å²) in [5.41, 5.74) is 2.25. The zero-order chi connectivity index (χ0) is 18.9. The molecule has 0 aromatic heterocycles. The number of halogens is 1. The van der Waals surface area contributed by atoms with Crippen LogP contribution < -0.4 is 15.5 Å². The number of nitrogens with zero attached hydrogens (tertiary/aromatic N) is 2. The molecule has 2 heterocycles. The summed E-state index contributed by atoms with van der Waals surface area (Å²) in [5, 5.41) is 6.46. The summed E-state index contributed by atoms with van der Waals surface area (Å²) in [5.74, 6) is 0.698. The second-order valence-corrected chi connectivity index (χ2v) is 6.76. The molecule has 0 spiro atoms. The predicted octanol–water partition coefficient (Wildman–Crippen LogP) is 1.94. The third kappa shape index (κ3) is 6.59. The van der Waals surface area contributed by atoms with E-state index in [0.717, 1.165) is 51.2 Å². The Morgan fingerprint density at radius 2 is 2.21 bits per heavy atom. The first-order valence-corrected chi connectivity index (χ1v) is 9.87. The van der Waals surface area contributed by atoms with Gasteiger partial charge in [-0.15, -0.1) is 24.0 Å². The highest BCUT2D eigenvalue weighted by molar-refractivity contribution is 14.0. The van der Waals surface area contributed by atoms with E-state index in [-0.39, 0.29) is 42.5 Å². The molecule has 1 aromatic rings. The summed E-state index contributed by atoms with van der Waals surface area (Å²) in [6, 6.07) is 8.07. The molecule has 8 heteroatoms. The molecule has 1 aromatic carbocycles. The largest absolute Gasteiger partial charge is 0.379 e. The molecule has 0 saturated carbocycles. The number of guanidine groups is 1. The number of hydrogen-bond donors (Lipinski definition) is 2. The second kappa shape index (κ2) is 12.2. The molecule has 156 valence electrons. The Labute approximate surface area is 184 Å². The second-order valence-electron chi connectivity index (χ2n) is 6.76. The lowest BCUT2D eigenvalue weighted by Crippen LogP contribution is -2.39. The highest BCUT2D eigenvalue weighted by Gasteiger charge is 2.23. The number of anilines is 1. The van der Waals surface area contributed by atoms with Crippen LogP contribution in [0.1, 0.15) is 25.3 Å². The van der Waals surface area contributed by atoms with Gasteiger partial charge in [0.15, 0.2) is 5.96 Å². The molecule has 1 fully saturated rings. The van der Waals surface area contributed by atoms with Crippen molar-refractivity contribution in [1.82, 2.24) is 10.6 Å². The number of para-hydroxylation sites is 1. The van der Waals surface area contributed by atoms with Gasteiger partial charge in [0.1, 0.15) is 6.54 Å². The summed E-state index contributed by atoms with van der Waals surface area (Å²) in [4.78, 5) is 18.9. The minimum absolute atomic E-state index is 0. The van der Waals surface area contributed by atoms with Crippen molar-refractivity contribution in [2.45, 2.75) is 32.3 Å². The Morgan fingerprint density at radius 3 is 3.00 bits per heavy atom. The van der Waals surface area contributed by atoms with Crippen LogP contribution in [0.25, 0.3) is 0 Å². The van der Waals surface area contributed by atoms with Crippen molar-refractivity contribution < 1.29 is 14.3 Å². The molecule has 2 aliphatic rings. The van der Waals surface area contributed by atoms with E-state index in [1.54, 1.807) is 0 Å². The van der Waals surface area contributed by atoms with Crippen molar-refractivity contribution in [3.63, 3.8) is 0 Å². The van der Waals surface area contributed by atoms with E-state index in [1.165, 1.54) is 5.56 Å². The number of fused-ring (bicyclic) bond motifs is 1. The number of carbonyl (C=O) groups excluding carboxylic acids is 1. The van der Waals surface area contributed by atoms with Gasteiger partial charge in [-0.25, -0.2) is 4.99 Å². The number of aliphatic imine (C=N–C) groups is 1. The van der Waals surface area contributed by atoms with E-state index in [9.17, 15) is 4.79 Å². The maximum absolute atomic E-state index is 12.6. The highest BCUT2D eigenvalue weighted by Crippen LogP contribution is 2.27. The molecule has 1 atom stereocenters. The summed E-state index contributed by atoms with van der Waals surface area (Å²) < 4.78 is 11.1. The number of amides is 1. The van der Waals surface area contributed by atoms with E-state index in [4.69, 9.17) is 9.47 Å². The molecule has 2 N–H and O–H groups in total. The van der Waals surface area contributed by atoms with Crippen LogP contribution >= 0.6 is 24.0 Å². The van der Waals surface area contributed by atoms with Crippen LogP contribution in [0.5, 0.6) is 0 Å². The van der Waals surface area contributed by atoms with Gasteiger partial charge < -0.3 is 25.0 Å². The Kier molecular flexibility index (Phi) is 10.0. The highest BCUT2D eigenvalue weighted by atomic mass is 127. The molecule has 1 unspecified atom stereocenters. The third-order valence-electron chi connectivity index (χ3n) is 4.76.